The fraction of sp³-hybridized carbons (Fsp3) is 0.538. The van der Waals surface area contributed by atoms with E-state index in [1.165, 1.54) is 0 Å². The van der Waals surface area contributed by atoms with E-state index in [2.05, 4.69) is 23.3 Å². The number of hydrogen-bond acceptors (Lipinski definition) is 8. The first-order chi connectivity index (χ1) is 12.5. The lowest BCUT2D eigenvalue weighted by molar-refractivity contribution is -0.141. The Labute approximate surface area is 158 Å². The van der Waals surface area contributed by atoms with Crippen molar-refractivity contribution in [1.29, 1.82) is 0 Å². The number of hydrogen-bond donors (Lipinski definition) is 8. The lowest BCUT2D eigenvalue weighted by atomic mass is 10.1. The largest absolute Gasteiger partial charge is 0.481 e. The molecule has 27 heavy (non-hydrogen) atoms. The van der Waals surface area contributed by atoms with Gasteiger partial charge in [0.25, 0.3) is 0 Å². The lowest BCUT2D eigenvalue weighted by Gasteiger charge is -2.22. The Balaban J connectivity index is 5.05. The van der Waals surface area contributed by atoms with Gasteiger partial charge in [-0.3, -0.25) is 28.8 Å². The van der Waals surface area contributed by atoms with Gasteiger partial charge in [0.15, 0.2) is 0 Å². The maximum absolute atomic E-state index is 12.2. The van der Waals surface area contributed by atoms with Crippen molar-refractivity contribution in [3.63, 3.8) is 0 Å². The number of carboxylic acid groups (broad SMARTS) is 2. The molecule has 3 atom stereocenters. The summed E-state index contributed by atoms with van der Waals surface area (Å²) in [5.74, 6) is -6.75. The second-order valence-electron chi connectivity index (χ2n) is 5.29. The van der Waals surface area contributed by atoms with Crippen molar-refractivity contribution < 1.29 is 39.0 Å². The van der Waals surface area contributed by atoms with Crippen molar-refractivity contribution in [3.8, 4) is 0 Å². The summed E-state index contributed by atoms with van der Waals surface area (Å²) in [5, 5.41) is 23.6. The number of nitrogens with one attached hydrogen (secondary N) is 3. The molecular weight excluding hydrogens is 386 g/mol. The quantitative estimate of drug-likeness (QED) is 0.146. The van der Waals surface area contributed by atoms with E-state index >= 15 is 0 Å². The average molecular weight is 407 g/mol. The summed E-state index contributed by atoms with van der Waals surface area (Å²) < 4.78 is 0. The Morgan fingerprint density at radius 1 is 0.852 bits per heavy atom. The molecule has 3 unspecified atom stereocenters. The highest BCUT2D eigenvalue weighted by Gasteiger charge is 2.29. The normalized spacial score (nSPS) is 13.6. The smallest absolute Gasteiger partial charge is 0.322 e. The number of amides is 4. The zero-order chi connectivity index (χ0) is 21.1. The predicted molar refractivity (Wildman–Crippen MR) is 92.4 cm³/mol. The Hall–Kier alpha value is -2.87. The van der Waals surface area contributed by atoms with Gasteiger partial charge in [-0.1, -0.05) is 0 Å². The van der Waals surface area contributed by atoms with Gasteiger partial charge >= 0.3 is 11.9 Å². The number of carboxylic acids is 2. The highest BCUT2D eigenvalue weighted by molar-refractivity contribution is 7.80. The van der Waals surface area contributed by atoms with Crippen molar-refractivity contribution in [2.75, 3.05) is 12.3 Å². The van der Waals surface area contributed by atoms with Crippen LogP contribution in [0.2, 0.25) is 0 Å². The molecule has 0 aromatic heterocycles. The molecule has 0 fully saturated rings. The molecule has 0 bridgehead atoms. The van der Waals surface area contributed by atoms with Crippen molar-refractivity contribution >= 4 is 48.2 Å². The van der Waals surface area contributed by atoms with Gasteiger partial charge in [0, 0.05) is 5.75 Å². The predicted octanol–water partition coefficient (Wildman–Crippen LogP) is -4.24. The lowest BCUT2D eigenvalue weighted by Crippen LogP contribution is -2.57. The molecule has 14 heteroatoms. The molecule has 0 heterocycles. The zero-order valence-corrected chi connectivity index (χ0v) is 14.9. The minimum Gasteiger partial charge on any atom is -0.481 e. The van der Waals surface area contributed by atoms with Crippen molar-refractivity contribution in [2.24, 2.45) is 11.5 Å². The van der Waals surface area contributed by atoms with Crippen LogP contribution >= 0.6 is 12.6 Å². The number of aliphatic carboxylic acids is 2. The van der Waals surface area contributed by atoms with E-state index < -0.39 is 73.1 Å². The molecule has 0 aromatic carbocycles. The van der Waals surface area contributed by atoms with Gasteiger partial charge in [0.1, 0.15) is 18.6 Å². The van der Waals surface area contributed by atoms with Crippen LogP contribution in [-0.4, -0.2) is 76.2 Å². The van der Waals surface area contributed by atoms with Crippen molar-refractivity contribution in [1.82, 2.24) is 16.0 Å². The molecule has 0 rings (SSSR count). The summed E-state index contributed by atoms with van der Waals surface area (Å²) in [4.78, 5) is 68.0. The first-order valence-electron chi connectivity index (χ1n) is 7.44. The second kappa shape index (κ2) is 11.7. The average Bonchev–Trinajstić information content (AvgIpc) is 2.55. The van der Waals surface area contributed by atoms with Crippen molar-refractivity contribution in [2.45, 2.75) is 31.0 Å². The van der Waals surface area contributed by atoms with Gasteiger partial charge in [-0.25, -0.2) is 0 Å². The highest BCUT2D eigenvalue weighted by Crippen LogP contribution is 1.99. The summed E-state index contributed by atoms with van der Waals surface area (Å²) in [6, 6.07) is -4.29. The molecule has 0 radical (unpaired) electrons. The fourth-order valence-electron chi connectivity index (χ4n) is 1.72. The number of thiol groups is 1. The highest BCUT2D eigenvalue weighted by atomic mass is 32.1. The summed E-state index contributed by atoms with van der Waals surface area (Å²) in [6.45, 7) is -0.698. The van der Waals surface area contributed by atoms with Crippen molar-refractivity contribution in [3.05, 3.63) is 0 Å². The number of carbonyl (C=O) groups is 6. The van der Waals surface area contributed by atoms with E-state index in [1.807, 2.05) is 5.32 Å². The first kappa shape index (κ1) is 24.1. The first-order valence-corrected chi connectivity index (χ1v) is 8.07. The Bertz CT molecular complexity index is 614. The van der Waals surface area contributed by atoms with Crippen LogP contribution in [0.15, 0.2) is 0 Å². The van der Waals surface area contributed by atoms with Crippen LogP contribution in [0, 0.1) is 0 Å². The minimum absolute atomic E-state index is 0.230. The number of primary amides is 1. The molecule has 152 valence electrons. The molecule has 0 aliphatic rings. The molecular formula is C13H21N5O8S. The number of rotatable bonds is 12. The zero-order valence-electron chi connectivity index (χ0n) is 14.0. The molecule has 0 saturated heterocycles. The third kappa shape index (κ3) is 10.0. The van der Waals surface area contributed by atoms with Crippen LogP contribution < -0.4 is 27.4 Å². The van der Waals surface area contributed by atoms with E-state index in [9.17, 15) is 28.8 Å². The van der Waals surface area contributed by atoms with Gasteiger partial charge in [-0.15, -0.1) is 0 Å². The summed E-state index contributed by atoms with van der Waals surface area (Å²) >= 11 is 3.85. The molecule has 0 saturated carbocycles. The van der Waals surface area contributed by atoms with Crippen LogP contribution in [0.1, 0.15) is 12.8 Å². The Kier molecular flexibility index (Phi) is 10.4. The molecule has 0 spiro atoms. The van der Waals surface area contributed by atoms with Crippen LogP contribution in [0.3, 0.4) is 0 Å². The minimum atomic E-state index is -1.61. The summed E-state index contributed by atoms with van der Waals surface area (Å²) in [5.41, 5.74) is 10.3. The third-order valence-corrected chi connectivity index (χ3v) is 3.36. The maximum atomic E-state index is 12.2. The number of carbonyl (C=O) groups excluding carboxylic acids is 4. The second-order valence-corrected chi connectivity index (χ2v) is 5.66. The van der Waals surface area contributed by atoms with E-state index in [1.54, 1.807) is 0 Å². The molecule has 0 aliphatic heterocycles. The fourth-order valence-corrected chi connectivity index (χ4v) is 1.98. The standard InChI is InChI=1S/C13H21N5O8S/c14-5(1-8(15)19)11(24)17-6(2-9(20)21)13(26)18-7(4-27)12(25)16-3-10(22)23/h5-7,27H,1-4,14H2,(H2,15,19)(H,16,25)(H,17,24)(H,18,26)(H,20,21)(H,22,23). The molecule has 9 N–H and O–H groups in total. The summed E-state index contributed by atoms with van der Waals surface area (Å²) in [7, 11) is 0. The molecule has 4 amide bonds. The SMILES string of the molecule is NC(=O)CC(N)C(=O)NC(CC(=O)O)C(=O)NC(CS)C(=O)NCC(=O)O. The van der Waals surface area contributed by atoms with Crippen LogP contribution in [-0.2, 0) is 28.8 Å². The van der Waals surface area contributed by atoms with E-state index in [0.29, 0.717) is 0 Å². The van der Waals surface area contributed by atoms with Gasteiger partial charge in [0.05, 0.1) is 18.9 Å². The molecule has 13 nitrogen and oxygen atoms in total. The molecule has 0 aromatic rings. The third-order valence-electron chi connectivity index (χ3n) is 3.00. The van der Waals surface area contributed by atoms with Crippen LogP contribution in [0.5, 0.6) is 0 Å². The molecule has 0 aliphatic carbocycles. The number of nitrogens with two attached hydrogens (primary N) is 2. The monoisotopic (exact) mass is 407 g/mol. The van der Waals surface area contributed by atoms with Gasteiger partial charge < -0.3 is 37.6 Å². The Morgan fingerprint density at radius 2 is 1.41 bits per heavy atom. The topological polar surface area (TPSA) is 231 Å². The van der Waals surface area contributed by atoms with Gasteiger partial charge in [0.2, 0.25) is 23.6 Å². The van der Waals surface area contributed by atoms with Crippen LogP contribution in [0.25, 0.3) is 0 Å². The van der Waals surface area contributed by atoms with Gasteiger partial charge in [-0.05, 0) is 0 Å². The van der Waals surface area contributed by atoms with Gasteiger partial charge in [-0.2, -0.15) is 12.6 Å². The van der Waals surface area contributed by atoms with Crippen LogP contribution in [0.4, 0.5) is 0 Å². The Morgan fingerprint density at radius 3 is 1.85 bits per heavy atom. The maximum Gasteiger partial charge on any atom is 0.322 e. The summed E-state index contributed by atoms with van der Waals surface area (Å²) in [6.07, 6.45) is -1.36. The van der Waals surface area contributed by atoms with E-state index in [0.717, 1.165) is 0 Å². The van der Waals surface area contributed by atoms with E-state index in [-0.39, 0.29) is 5.75 Å². The van der Waals surface area contributed by atoms with E-state index in [4.69, 9.17) is 21.7 Å².